The van der Waals surface area contributed by atoms with Crippen LogP contribution < -0.4 is 3.73 Å². The fourth-order valence-corrected chi connectivity index (χ4v) is 2.40. The molecule has 0 fully saturated rings. The van der Waals surface area contributed by atoms with E-state index in [4.69, 9.17) is 11.9 Å². The molecular formula is C12H11AsO4. The van der Waals surface area contributed by atoms with Crippen LogP contribution in [0.25, 0.3) is 11.1 Å². The van der Waals surface area contributed by atoms with Crippen molar-refractivity contribution in [3.8, 4) is 16.9 Å². The predicted octanol–water partition coefficient (Wildman–Crippen LogP) is 1.58. The molecule has 2 rings (SSSR count). The van der Waals surface area contributed by atoms with Gasteiger partial charge in [0.15, 0.2) is 0 Å². The molecule has 0 unspecified atom stereocenters. The first-order chi connectivity index (χ1) is 8.06. The Kier molecular flexibility index (Phi) is 3.38. The molecule has 4 nitrogen and oxygen atoms in total. The van der Waals surface area contributed by atoms with Gasteiger partial charge in [-0.3, -0.25) is 0 Å². The second-order valence-electron chi connectivity index (χ2n) is 3.44. The molecule has 0 aliphatic carbocycles. The first-order valence-electron chi connectivity index (χ1n) is 4.96. The molecular weight excluding hydrogens is 283 g/mol. The second kappa shape index (κ2) is 4.80. The van der Waals surface area contributed by atoms with Crippen LogP contribution >= 0.6 is 0 Å². The molecule has 0 aliphatic rings. The van der Waals surface area contributed by atoms with Crippen molar-refractivity contribution in [1.29, 1.82) is 0 Å². The van der Waals surface area contributed by atoms with Crippen molar-refractivity contribution in [2.45, 2.75) is 0 Å². The molecule has 0 spiro atoms. The van der Waals surface area contributed by atoms with Crippen LogP contribution in [0.4, 0.5) is 0 Å². The van der Waals surface area contributed by atoms with Crippen molar-refractivity contribution < 1.29 is 15.7 Å². The van der Waals surface area contributed by atoms with E-state index >= 15 is 0 Å². The topological polar surface area (TPSA) is 66.8 Å². The van der Waals surface area contributed by atoms with E-state index in [-0.39, 0.29) is 5.75 Å². The van der Waals surface area contributed by atoms with Crippen LogP contribution in [0, 0.1) is 0 Å². The van der Waals surface area contributed by atoms with Crippen molar-refractivity contribution in [2.75, 3.05) is 0 Å². The maximum absolute atomic E-state index is 10.9. The Morgan fingerprint density at radius 3 is 2.12 bits per heavy atom. The summed E-state index contributed by atoms with van der Waals surface area (Å²) in [5, 5.41) is 0. The summed E-state index contributed by atoms with van der Waals surface area (Å²) in [6.45, 7) is 0. The number of para-hydroxylation sites is 1. The van der Waals surface area contributed by atoms with E-state index in [1.54, 1.807) is 24.3 Å². The summed E-state index contributed by atoms with van der Waals surface area (Å²) < 4.78 is 33.4. The minimum absolute atomic E-state index is 0.200. The third kappa shape index (κ3) is 3.24. The number of hydrogen-bond donors (Lipinski definition) is 2. The van der Waals surface area contributed by atoms with Gasteiger partial charge < -0.3 is 0 Å². The van der Waals surface area contributed by atoms with E-state index in [2.05, 4.69) is 0 Å². The van der Waals surface area contributed by atoms with Gasteiger partial charge in [-0.15, -0.1) is 0 Å². The van der Waals surface area contributed by atoms with Crippen LogP contribution in [-0.2, 0) is 3.74 Å². The van der Waals surface area contributed by atoms with Crippen molar-refractivity contribution in [2.24, 2.45) is 0 Å². The summed E-state index contributed by atoms with van der Waals surface area (Å²) in [7, 11) is 0. The summed E-state index contributed by atoms with van der Waals surface area (Å²) >= 11 is -5.14. The van der Waals surface area contributed by atoms with Crippen LogP contribution in [0.2, 0.25) is 0 Å². The molecule has 0 atom stereocenters. The Morgan fingerprint density at radius 1 is 0.882 bits per heavy atom. The van der Waals surface area contributed by atoms with Gasteiger partial charge >= 0.3 is 102 Å². The molecule has 88 valence electrons. The molecule has 2 aromatic carbocycles. The van der Waals surface area contributed by atoms with Gasteiger partial charge in [-0.2, -0.15) is 0 Å². The van der Waals surface area contributed by atoms with Gasteiger partial charge in [-0.25, -0.2) is 0 Å². The van der Waals surface area contributed by atoms with Gasteiger partial charge in [0.2, 0.25) is 0 Å². The molecule has 0 bridgehead atoms. The van der Waals surface area contributed by atoms with Gasteiger partial charge in [0, 0.05) is 0 Å². The minimum atomic E-state index is -5.14. The Hall–Kier alpha value is -1.48. The summed E-state index contributed by atoms with van der Waals surface area (Å²) in [4.78, 5) is 0. The first kappa shape index (κ1) is 12.0. The van der Waals surface area contributed by atoms with E-state index in [0.29, 0.717) is 5.56 Å². The molecule has 0 aromatic heterocycles. The second-order valence-corrected chi connectivity index (χ2v) is 5.89. The molecule has 17 heavy (non-hydrogen) atoms. The fourth-order valence-electron chi connectivity index (χ4n) is 1.53. The summed E-state index contributed by atoms with van der Waals surface area (Å²) in [5.74, 6) is 0.200. The Bertz CT molecular complexity index is 547. The quantitative estimate of drug-likeness (QED) is 0.844. The average molecular weight is 294 g/mol. The maximum atomic E-state index is 10.9. The molecule has 2 aromatic rings. The average Bonchev–Trinajstić information content (AvgIpc) is 2.29. The summed E-state index contributed by atoms with van der Waals surface area (Å²) in [6, 6.07) is 16.1. The van der Waals surface area contributed by atoms with Crippen LogP contribution in [0.15, 0.2) is 54.6 Å². The third-order valence-electron chi connectivity index (χ3n) is 2.19. The van der Waals surface area contributed by atoms with E-state index < -0.39 is 14.5 Å². The predicted molar refractivity (Wildman–Crippen MR) is 63.4 cm³/mol. The summed E-state index contributed by atoms with van der Waals surface area (Å²) in [5.41, 5.74) is 1.52. The number of rotatable bonds is 3. The monoisotopic (exact) mass is 294 g/mol. The van der Waals surface area contributed by atoms with Crippen molar-refractivity contribution in [3.63, 3.8) is 0 Å². The Balaban J connectivity index is 2.45. The third-order valence-corrected chi connectivity index (χ3v) is 3.10. The van der Waals surface area contributed by atoms with Crippen LogP contribution in [-0.4, -0.2) is 22.7 Å². The molecule has 0 amide bonds. The Labute approximate surface area is 102 Å². The zero-order valence-corrected chi connectivity index (χ0v) is 10.7. The molecule has 0 saturated heterocycles. The van der Waals surface area contributed by atoms with Crippen molar-refractivity contribution in [1.82, 2.24) is 0 Å². The van der Waals surface area contributed by atoms with Crippen LogP contribution in [0.3, 0.4) is 0 Å². The number of hydrogen-bond acceptors (Lipinski definition) is 2. The van der Waals surface area contributed by atoms with Crippen LogP contribution in [0.1, 0.15) is 0 Å². The zero-order valence-electron chi connectivity index (χ0n) is 8.85. The SMILES string of the molecule is O=[As](O)(O)Oc1ccccc1-c1ccccc1. The van der Waals surface area contributed by atoms with E-state index in [1.165, 1.54) is 0 Å². The van der Waals surface area contributed by atoms with Crippen molar-refractivity contribution in [3.05, 3.63) is 54.6 Å². The fraction of sp³-hybridized carbons (Fsp3) is 0. The first-order valence-corrected chi connectivity index (χ1v) is 8.17. The van der Waals surface area contributed by atoms with Crippen LogP contribution in [0.5, 0.6) is 5.75 Å². The van der Waals surface area contributed by atoms with E-state index in [0.717, 1.165) is 5.56 Å². The molecule has 2 N–H and O–H groups in total. The van der Waals surface area contributed by atoms with Gasteiger partial charge in [-0.1, -0.05) is 0 Å². The molecule has 0 aliphatic heterocycles. The van der Waals surface area contributed by atoms with Crippen molar-refractivity contribution >= 4 is 14.5 Å². The normalized spacial score (nSPS) is 11.2. The zero-order chi connectivity index (χ0) is 12.3. The molecule has 5 heteroatoms. The van der Waals surface area contributed by atoms with Gasteiger partial charge in [-0.05, 0) is 0 Å². The summed E-state index contributed by atoms with van der Waals surface area (Å²) in [6.07, 6.45) is 0. The number of benzene rings is 2. The molecule has 0 saturated carbocycles. The van der Waals surface area contributed by atoms with Gasteiger partial charge in [0.25, 0.3) is 0 Å². The van der Waals surface area contributed by atoms with E-state index in [1.807, 2.05) is 30.3 Å². The van der Waals surface area contributed by atoms with Gasteiger partial charge in [0.1, 0.15) is 0 Å². The molecule has 0 radical (unpaired) electrons. The standard InChI is InChI=1S/C12H11AsO4/c14-13(15,16)17-12-9-5-4-8-11(12)10-6-2-1-3-7-10/h1-9H,(H2,14,15,16). The molecule has 0 heterocycles. The van der Waals surface area contributed by atoms with Gasteiger partial charge in [0.05, 0.1) is 0 Å². The van der Waals surface area contributed by atoms with E-state index in [9.17, 15) is 3.74 Å². The Morgan fingerprint density at radius 2 is 1.47 bits per heavy atom.